The number of benzene rings is 1. The highest BCUT2D eigenvalue weighted by Crippen LogP contribution is 2.35. The Kier molecular flexibility index (Phi) is 4.78. The van der Waals surface area contributed by atoms with Crippen LogP contribution in [0.15, 0.2) is 47.3 Å². The van der Waals surface area contributed by atoms with Crippen LogP contribution in [0.3, 0.4) is 0 Å². The third-order valence-corrected chi connectivity index (χ3v) is 6.18. The standard InChI is InChI=1S/C22H21N3O4S/c26-20(7-5-14-4-6-18-19(9-14)29-13-28-18)23-22(30)24-10-15-8-16(12-24)17-2-1-3-21(27)25(17)11-15/h1-7,9,15-16H,8,10-13H2,(H,23,26,30)/b7-5+/t15?,16-/m1/s1. The van der Waals surface area contributed by atoms with E-state index in [0.29, 0.717) is 35.6 Å². The summed E-state index contributed by atoms with van der Waals surface area (Å²) in [5.41, 5.74) is 1.95. The smallest absolute Gasteiger partial charge is 0.250 e. The minimum atomic E-state index is -0.273. The molecule has 2 bridgehead atoms. The van der Waals surface area contributed by atoms with Crippen LogP contribution in [-0.4, -0.2) is 40.4 Å². The van der Waals surface area contributed by atoms with Crippen LogP contribution in [0.1, 0.15) is 23.6 Å². The number of piperidine rings is 1. The number of fused-ring (bicyclic) bond motifs is 5. The Morgan fingerprint density at radius 1 is 1.13 bits per heavy atom. The van der Waals surface area contributed by atoms with Crippen LogP contribution in [0.5, 0.6) is 11.5 Å². The van der Waals surface area contributed by atoms with Crippen LogP contribution in [-0.2, 0) is 11.3 Å². The molecule has 1 fully saturated rings. The van der Waals surface area contributed by atoms with Gasteiger partial charge in [-0.05, 0) is 54.4 Å². The summed E-state index contributed by atoms with van der Waals surface area (Å²) >= 11 is 5.50. The first kappa shape index (κ1) is 18.9. The molecule has 1 N–H and O–H groups in total. The van der Waals surface area contributed by atoms with Crippen molar-refractivity contribution in [1.29, 1.82) is 0 Å². The number of nitrogens with one attached hydrogen (secondary N) is 1. The van der Waals surface area contributed by atoms with Gasteiger partial charge in [-0.15, -0.1) is 0 Å². The molecule has 0 spiro atoms. The number of thiocarbonyl (C=S) groups is 1. The van der Waals surface area contributed by atoms with E-state index in [0.717, 1.165) is 24.2 Å². The van der Waals surface area contributed by atoms with Crippen LogP contribution in [0, 0.1) is 5.92 Å². The van der Waals surface area contributed by atoms with E-state index in [1.807, 2.05) is 39.8 Å². The van der Waals surface area contributed by atoms with Gasteiger partial charge in [0.1, 0.15) is 0 Å². The molecule has 7 nitrogen and oxygen atoms in total. The Morgan fingerprint density at radius 3 is 2.90 bits per heavy atom. The van der Waals surface area contributed by atoms with Gasteiger partial charge >= 0.3 is 0 Å². The Labute approximate surface area is 178 Å². The molecule has 3 aliphatic rings. The van der Waals surface area contributed by atoms with Crippen molar-refractivity contribution in [3.63, 3.8) is 0 Å². The number of carbonyl (C=O) groups excluding carboxylic acids is 1. The van der Waals surface area contributed by atoms with Gasteiger partial charge in [-0.3, -0.25) is 14.9 Å². The average Bonchev–Trinajstić information content (AvgIpc) is 3.21. The SMILES string of the molecule is O=C(/C=C/c1ccc2c(c1)OCO2)NC(=S)N1CC2C[C@H](C1)c1cccc(=O)n1C2. The summed E-state index contributed by atoms with van der Waals surface area (Å²) in [7, 11) is 0. The molecule has 5 rings (SSSR count). The fourth-order valence-corrected chi connectivity index (χ4v) is 4.73. The van der Waals surface area contributed by atoms with Crippen molar-refractivity contribution in [1.82, 2.24) is 14.8 Å². The normalized spacial score (nSPS) is 21.4. The fourth-order valence-electron chi connectivity index (χ4n) is 4.48. The summed E-state index contributed by atoms with van der Waals surface area (Å²) in [5.74, 6) is 1.69. The molecule has 3 aliphatic heterocycles. The predicted molar refractivity (Wildman–Crippen MR) is 115 cm³/mol. The molecule has 2 aromatic rings. The number of ether oxygens (including phenoxy) is 2. The van der Waals surface area contributed by atoms with Gasteiger partial charge in [0.25, 0.3) is 5.56 Å². The van der Waals surface area contributed by atoms with Crippen molar-refractivity contribution in [2.24, 2.45) is 5.92 Å². The number of nitrogens with zero attached hydrogens (tertiary/aromatic N) is 2. The number of hydrogen-bond acceptors (Lipinski definition) is 5. The first-order valence-electron chi connectivity index (χ1n) is 9.94. The molecule has 154 valence electrons. The van der Waals surface area contributed by atoms with E-state index >= 15 is 0 Å². The summed E-state index contributed by atoms with van der Waals surface area (Å²) in [6, 6.07) is 11.0. The molecule has 8 heteroatoms. The van der Waals surface area contributed by atoms with Crippen molar-refractivity contribution < 1.29 is 14.3 Å². The number of likely N-dealkylation sites (tertiary alicyclic amines) is 1. The topological polar surface area (TPSA) is 72.8 Å². The highest BCUT2D eigenvalue weighted by Gasteiger charge is 2.35. The number of aromatic nitrogens is 1. The Balaban J connectivity index is 1.23. The van der Waals surface area contributed by atoms with Crippen molar-refractivity contribution in [3.8, 4) is 11.5 Å². The van der Waals surface area contributed by atoms with Gasteiger partial charge in [-0.2, -0.15) is 0 Å². The molecule has 30 heavy (non-hydrogen) atoms. The summed E-state index contributed by atoms with van der Waals surface area (Å²) in [6.07, 6.45) is 4.22. The molecule has 4 heterocycles. The number of rotatable bonds is 2. The lowest BCUT2D eigenvalue weighted by Crippen LogP contribution is -2.52. The van der Waals surface area contributed by atoms with Gasteiger partial charge < -0.3 is 18.9 Å². The molecule has 0 saturated carbocycles. The van der Waals surface area contributed by atoms with Crippen LogP contribution in [0.4, 0.5) is 0 Å². The van der Waals surface area contributed by atoms with Crippen molar-refractivity contribution in [3.05, 3.63) is 64.1 Å². The second-order valence-electron chi connectivity index (χ2n) is 7.84. The first-order valence-corrected chi connectivity index (χ1v) is 10.3. The maximum atomic E-state index is 12.4. The fraction of sp³-hybridized carbons (Fsp3) is 0.318. The third-order valence-electron chi connectivity index (χ3n) is 5.82. The van der Waals surface area contributed by atoms with E-state index in [9.17, 15) is 9.59 Å². The summed E-state index contributed by atoms with van der Waals surface area (Å²) in [4.78, 5) is 26.6. The molecule has 1 aromatic heterocycles. The number of amides is 1. The second-order valence-corrected chi connectivity index (χ2v) is 8.23. The lowest BCUT2D eigenvalue weighted by atomic mass is 9.83. The van der Waals surface area contributed by atoms with Crippen LogP contribution in [0.2, 0.25) is 0 Å². The van der Waals surface area contributed by atoms with E-state index in [-0.39, 0.29) is 24.2 Å². The lowest BCUT2D eigenvalue weighted by molar-refractivity contribution is -0.115. The van der Waals surface area contributed by atoms with Crippen LogP contribution >= 0.6 is 12.2 Å². The van der Waals surface area contributed by atoms with Crippen LogP contribution in [0.25, 0.3) is 6.08 Å². The van der Waals surface area contributed by atoms with Crippen molar-refractivity contribution in [2.45, 2.75) is 18.9 Å². The zero-order chi connectivity index (χ0) is 20.7. The highest BCUT2D eigenvalue weighted by molar-refractivity contribution is 7.80. The zero-order valence-corrected chi connectivity index (χ0v) is 17.1. The molecule has 1 aromatic carbocycles. The van der Waals surface area contributed by atoms with E-state index in [1.165, 1.54) is 6.08 Å². The maximum Gasteiger partial charge on any atom is 0.250 e. The lowest BCUT2D eigenvalue weighted by Gasteiger charge is -2.43. The van der Waals surface area contributed by atoms with E-state index in [4.69, 9.17) is 21.7 Å². The molecule has 1 unspecified atom stereocenters. The number of carbonyl (C=O) groups is 1. The number of hydrogen-bond donors (Lipinski definition) is 1. The average molecular weight is 423 g/mol. The van der Waals surface area contributed by atoms with Gasteiger partial charge in [-0.1, -0.05) is 12.1 Å². The first-order chi connectivity index (χ1) is 14.6. The summed E-state index contributed by atoms with van der Waals surface area (Å²) in [5, 5.41) is 3.23. The Bertz CT molecular complexity index is 1110. The maximum absolute atomic E-state index is 12.4. The molecule has 1 amide bonds. The van der Waals surface area contributed by atoms with Crippen LogP contribution < -0.4 is 20.3 Å². The van der Waals surface area contributed by atoms with Gasteiger partial charge in [0.05, 0.1) is 0 Å². The Morgan fingerprint density at radius 2 is 2.00 bits per heavy atom. The molecule has 0 radical (unpaired) electrons. The van der Waals surface area contributed by atoms with Gasteiger partial charge in [0.15, 0.2) is 16.6 Å². The second kappa shape index (κ2) is 7.60. The van der Waals surface area contributed by atoms with Crippen molar-refractivity contribution in [2.75, 3.05) is 19.9 Å². The van der Waals surface area contributed by atoms with E-state index in [2.05, 4.69) is 5.32 Å². The summed E-state index contributed by atoms with van der Waals surface area (Å²) in [6.45, 7) is 2.35. The summed E-state index contributed by atoms with van der Waals surface area (Å²) < 4.78 is 12.5. The molecule has 2 atom stereocenters. The molecular formula is C22H21N3O4S. The van der Waals surface area contributed by atoms with Gasteiger partial charge in [0.2, 0.25) is 12.7 Å². The monoisotopic (exact) mass is 423 g/mol. The minimum absolute atomic E-state index is 0.0557. The molecule has 1 saturated heterocycles. The van der Waals surface area contributed by atoms with Gasteiger partial charge in [-0.25, -0.2) is 0 Å². The molecular weight excluding hydrogens is 402 g/mol. The van der Waals surface area contributed by atoms with Gasteiger partial charge in [0, 0.05) is 43.4 Å². The molecule has 0 aliphatic carbocycles. The van der Waals surface area contributed by atoms with E-state index in [1.54, 1.807) is 12.1 Å². The van der Waals surface area contributed by atoms with E-state index < -0.39 is 0 Å². The largest absolute Gasteiger partial charge is 0.454 e. The minimum Gasteiger partial charge on any atom is -0.454 e. The predicted octanol–water partition coefficient (Wildman–Crippen LogP) is 2.11. The highest BCUT2D eigenvalue weighted by atomic mass is 32.1. The number of pyridine rings is 1. The van der Waals surface area contributed by atoms with Crippen molar-refractivity contribution >= 4 is 29.3 Å². The zero-order valence-electron chi connectivity index (χ0n) is 16.2. The third kappa shape index (κ3) is 3.59. The Hall–Kier alpha value is -3.13. The quantitative estimate of drug-likeness (QED) is 0.589.